The van der Waals surface area contributed by atoms with Gasteiger partial charge in [0, 0.05) is 5.92 Å². The molecule has 1 heterocycles. The van der Waals surface area contributed by atoms with Crippen LogP contribution in [0.1, 0.15) is 35.0 Å². The molecule has 19 heavy (non-hydrogen) atoms. The number of anilines is 2. The van der Waals surface area contributed by atoms with Crippen molar-refractivity contribution in [1.82, 2.24) is 10.2 Å². The first-order valence-corrected chi connectivity index (χ1v) is 5.84. The Morgan fingerprint density at radius 1 is 1.42 bits per heavy atom. The molecule has 98 valence electrons. The van der Waals surface area contributed by atoms with E-state index in [-0.39, 0.29) is 17.3 Å². The molecule has 0 radical (unpaired) electrons. The van der Waals surface area contributed by atoms with Crippen molar-refractivity contribution >= 4 is 17.6 Å². The summed E-state index contributed by atoms with van der Waals surface area (Å²) in [4.78, 5) is 11.9. The molecule has 1 aromatic carbocycles. The Morgan fingerprint density at radius 3 is 2.95 bits per heavy atom. The summed E-state index contributed by atoms with van der Waals surface area (Å²) >= 11 is 0. The number of hydrogen-bond donors (Lipinski definition) is 2. The van der Waals surface area contributed by atoms with Crippen molar-refractivity contribution in [2.24, 2.45) is 0 Å². The molecule has 0 atom stereocenters. The summed E-state index contributed by atoms with van der Waals surface area (Å²) in [6.45, 7) is 0. The lowest BCUT2D eigenvalue weighted by Crippen LogP contribution is -2.15. The van der Waals surface area contributed by atoms with E-state index in [0.29, 0.717) is 11.8 Å². The fourth-order valence-electron chi connectivity index (χ4n) is 1.68. The zero-order valence-corrected chi connectivity index (χ0v) is 9.89. The Hall–Kier alpha value is -2.44. The van der Waals surface area contributed by atoms with Crippen LogP contribution in [0, 0.1) is 5.82 Å². The Bertz CT molecular complexity index is 636. The largest absolute Gasteiger partial charge is 0.408 e. The molecule has 0 unspecified atom stereocenters. The number of nitrogens with two attached hydrogens (primary N) is 1. The number of halogens is 1. The molecule has 0 saturated heterocycles. The molecule has 1 aromatic heterocycles. The third-order valence-corrected chi connectivity index (χ3v) is 2.89. The number of nitrogens with zero attached hydrogens (tertiary/aromatic N) is 2. The molecule has 1 aliphatic carbocycles. The van der Waals surface area contributed by atoms with Gasteiger partial charge in [-0.25, -0.2) is 4.39 Å². The van der Waals surface area contributed by atoms with Crippen LogP contribution in [0.15, 0.2) is 22.6 Å². The lowest BCUT2D eigenvalue weighted by atomic mass is 10.1. The van der Waals surface area contributed by atoms with Crippen LogP contribution in [0.2, 0.25) is 0 Å². The maximum absolute atomic E-state index is 13.2. The van der Waals surface area contributed by atoms with Gasteiger partial charge in [0.25, 0.3) is 5.91 Å². The normalized spacial score (nSPS) is 14.4. The quantitative estimate of drug-likeness (QED) is 0.824. The average molecular weight is 262 g/mol. The minimum absolute atomic E-state index is 0.00411. The van der Waals surface area contributed by atoms with Gasteiger partial charge in [0.2, 0.25) is 5.89 Å². The van der Waals surface area contributed by atoms with E-state index in [4.69, 9.17) is 10.2 Å². The van der Waals surface area contributed by atoms with Crippen molar-refractivity contribution in [3.8, 4) is 0 Å². The van der Waals surface area contributed by atoms with E-state index in [1.54, 1.807) is 0 Å². The van der Waals surface area contributed by atoms with Crippen LogP contribution in [0.3, 0.4) is 0 Å². The van der Waals surface area contributed by atoms with E-state index < -0.39 is 11.7 Å². The first-order valence-electron chi connectivity index (χ1n) is 5.84. The van der Waals surface area contributed by atoms with Gasteiger partial charge in [-0.2, -0.15) is 0 Å². The lowest BCUT2D eigenvalue weighted by Gasteiger charge is -2.04. The molecule has 7 heteroatoms. The number of rotatable bonds is 3. The standard InChI is InChI=1S/C12H11FN4O2/c13-8-3-1-2-7(9(8)14)10(18)15-12-17-16-11(19-12)6-4-5-6/h1-3,6H,4-5,14H2,(H,15,17,18). The summed E-state index contributed by atoms with van der Waals surface area (Å²) in [5, 5.41) is 9.94. The SMILES string of the molecule is Nc1c(F)cccc1C(=O)Nc1nnc(C2CC2)o1. The highest BCUT2D eigenvalue weighted by molar-refractivity contribution is 6.06. The fourth-order valence-corrected chi connectivity index (χ4v) is 1.68. The maximum atomic E-state index is 13.2. The molecule has 1 aliphatic rings. The number of para-hydroxylation sites is 1. The first kappa shape index (κ1) is 11.6. The van der Waals surface area contributed by atoms with Gasteiger partial charge in [-0.3, -0.25) is 10.1 Å². The number of nitrogen functional groups attached to an aromatic ring is 1. The summed E-state index contributed by atoms with van der Waals surface area (Å²) in [5.74, 6) is -0.403. The van der Waals surface area contributed by atoms with Gasteiger partial charge in [-0.15, -0.1) is 5.10 Å². The van der Waals surface area contributed by atoms with Crippen LogP contribution in [0.25, 0.3) is 0 Å². The predicted octanol–water partition coefficient (Wildman–Crippen LogP) is 1.92. The van der Waals surface area contributed by atoms with Gasteiger partial charge in [0.05, 0.1) is 11.3 Å². The van der Waals surface area contributed by atoms with E-state index in [9.17, 15) is 9.18 Å². The Balaban J connectivity index is 1.78. The highest BCUT2D eigenvalue weighted by Crippen LogP contribution is 2.39. The second kappa shape index (κ2) is 4.34. The van der Waals surface area contributed by atoms with Gasteiger partial charge >= 0.3 is 6.01 Å². The molecular formula is C12H11FN4O2. The van der Waals surface area contributed by atoms with Gasteiger partial charge in [0.15, 0.2) is 0 Å². The minimum atomic E-state index is -0.642. The van der Waals surface area contributed by atoms with Gasteiger partial charge in [-0.05, 0) is 25.0 Å². The Labute approximate surface area is 107 Å². The van der Waals surface area contributed by atoms with Crippen LogP contribution in [0.5, 0.6) is 0 Å². The molecule has 1 amide bonds. The molecule has 6 nitrogen and oxygen atoms in total. The monoisotopic (exact) mass is 262 g/mol. The summed E-state index contributed by atoms with van der Waals surface area (Å²) in [6.07, 6.45) is 2.04. The zero-order valence-electron chi connectivity index (χ0n) is 9.89. The summed E-state index contributed by atoms with van der Waals surface area (Å²) in [6, 6.07) is 4.01. The number of benzene rings is 1. The van der Waals surface area contributed by atoms with E-state index in [0.717, 1.165) is 12.8 Å². The average Bonchev–Trinajstić information content (AvgIpc) is 3.14. The highest BCUT2D eigenvalue weighted by atomic mass is 19.1. The maximum Gasteiger partial charge on any atom is 0.322 e. The van der Waals surface area contributed by atoms with Crippen LogP contribution >= 0.6 is 0 Å². The second-order valence-corrected chi connectivity index (χ2v) is 4.37. The number of hydrogen-bond acceptors (Lipinski definition) is 5. The molecule has 1 fully saturated rings. The number of amides is 1. The minimum Gasteiger partial charge on any atom is -0.408 e. The van der Waals surface area contributed by atoms with Crippen LogP contribution in [0.4, 0.5) is 16.1 Å². The van der Waals surface area contributed by atoms with Gasteiger partial charge < -0.3 is 10.2 Å². The number of carbonyl (C=O) groups excluding carboxylic acids is 1. The van der Waals surface area contributed by atoms with Crippen LogP contribution in [-0.2, 0) is 0 Å². The van der Waals surface area contributed by atoms with Crippen molar-refractivity contribution in [2.45, 2.75) is 18.8 Å². The predicted molar refractivity (Wildman–Crippen MR) is 65.0 cm³/mol. The first-order chi connectivity index (χ1) is 9.15. The van der Waals surface area contributed by atoms with Crippen molar-refractivity contribution in [1.29, 1.82) is 0 Å². The molecule has 0 aliphatic heterocycles. The molecule has 0 bridgehead atoms. The van der Waals surface area contributed by atoms with Crippen LogP contribution in [-0.4, -0.2) is 16.1 Å². The lowest BCUT2D eigenvalue weighted by molar-refractivity contribution is 0.102. The second-order valence-electron chi connectivity index (χ2n) is 4.37. The summed E-state index contributed by atoms with van der Waals surface area (Å²) in [5.41, 5.74) is 5.33. The van der Waals surface area contributed by atoms with Gasteiger partial charge in [0.1, 0.15) is 5.82 Å². The molecule has 1 saturated carbocycles. The van der Waals surface area contributed by atoms with E-state index >= 15 is 0 Å². The number of nitrogens with one attached hydrogen (secondary N) is 1. The Kier molecular flexibility index (Phi) is 2.66. The fraction of sp³-hybridized carbons (Fsp3) is 0.250. The highest BCUT2D eigenvalue weighted by Gasteiger charge is 2.29. The third-order valence-electron chi connectivity index (χ3n) is 2.89. The van der Waals surface area contributed by atoms with E-state index in [1.165, 1.54) is 18.2 Å². The molecular weight excluding hydrogens is 251 g/mol. The molecule has 2 aromatic rings. The molecule has 3 rings (SSSR count). The van der Waals surface area contributed by atoms with Crippen molar-refractivity contribution in [3.05, 3.63) is 35.5 Å². The van der Waals surface area contributed by atoms with Crippen LogP contribution < -0.4 is 11.1 Å². The summed E-state index contributed by atoms with van der Waals surface area (Å²) in [7, 11) is 0. The van der Waals surface area contributed by atoms with E-state index in [1.807, 2.05) is 0 Å². The zero-order chi connectivity index (χ0) is 13.4. The van der Waals surface area contributed by atoms with Crippen molar-refractivity contribution in [2.75, 3.05) is 11.1 Å². The van der Waals surface area contributed by atoms with E-state index in [2.05, 4.69) is 15.5 Å². The van der Waals surface area contributed by atoms with Crippen molar-refractivity contribution in [3.63, 3.8) is 0 Å². The Morgan fingerprint density at radius 2 is 2.21 bits per heavy atom. The summed E-state index contributed by atoms with van der Waals surface area (Å²) < 4.78 is 18.5. The smallest absolute Gasteiger partial charge is 0.322 e. The van der Waals surface area contributed by atoms with Crippen molar-refractivity contribution < 1.29 is 13.6 Å². The molecule has 3 N–H and O–H groups in total. The topological polar surface area (TPSA) is 94.0 Å². The molecule has 0 spiro atoms. The third kappa shape index (κ3) is 2.26. The number of aromatic nitrogens is 2. The number of carbonyl (C=O) groups is 1. The van der Waals surface area contributed by atoms with Gasteiger partial charge in [-0.1, -0.05) is 11.2 Å².